The Labute approximate surface area is 311 Å². The van der Waals surface area contributed by atoms with E-state index < -0.39 is 77.7 Å². The second-order valence-electron chi connectivity index (χ2n) is 15.8. The maximum atomic E-state index is 14.4. The first-order chi connectivity index (χ1) is 24.2. The Morgan fingerprint density at radius 1 is 0.962 bits per heavy atom. The van der Waals surface area contributed by atoms with Crippen molar-refractivity contribution < 1.29 is 38.3 Å². The number of nitrogens with zero attached hydrogens (tertiary/aromatic N) is 4. The van der Waals surface area contributed by atoms with Gasteiger partial charge in [0, 0.05) is 39.6 Å². The number of ether oxygens (including phenoxy) is 1. The smallest absolute Gasteiger partial charge is 0.302 e. The summed E-state index contributed by atoms with van der Waals surface area (Å²) in [5.74, 6) is -3.76. The lowest BCUT2D eigenvalue weighted by molar-refractivity contribution is -0.157. The molecule has 0 saturated carbocycles. The molecule has 13 heteroatoms. The molecule has 0 unspecified atom stereocenters. The Morgan fingerprint density at radius 2 is 1.60 bits per heavy atom. The van der Waals surface area contributed by atoms with Crippen molar-refractivity contribution in [2.45, 2.75) is 150 Å². The van der Waals surface area contributed by atoms with Gasteiger partial charge in [0.15, 0.2) is 0 Å². The van der Waals surface area contributed by atoms with Gasteiger partial charge in [-0.05, 0) is 57.3 Å². The van der Waals surface area contributed by atoms with Crippen molar-refractivity contribution in [1.82, 2.24) is 24.9 Å². The molecule has 2 heterocycles. The van der Waals surface area contributed by atoms with Crippen molar-refractivity contribution in [3.05, 3.63) is 12.2 Å². The topological polar surface area (TPSA) is 154 Å². The summed E-state index contributed by atoms with van der Waals surface area (Å²) in [7, 11) is 3.06. The third-order valence-corrected chi connectivity index (χ3v) is 10.3. The first-order valence-corrected chi connectivity index (χ1v) is 19.1. The Morgan fingerprint density at radius 3 is 2.12 bits per heavy atom. The summed E-state index contributed by atoms with van der Waals surface area (Å²) < 4.78 is 5.43. The number of likely N-dealkylation sites (tertiary alicyclic amines) is 1. The Bertz CT molecular complexity index is 1330. The highest BCUT2D eigenvalue weighted by Gasteiger charge is 2.46. The van der Waals surface area contributed by atoms with Gasteiger partial charge >= 0.3 is 5.97 Å². The summed E-state index contributed by atoms with van der Waals surface area (Å²) in [6.07, 6.45) is 6.99. The minimum Gasteiger partial charge on any atom is -0.460 e. The number of unbranched alkanes of at least 4 members (excludes halogenated alkanes) is 1. The molecule has 13 nitrogen and oxygen atoms in total. The van der Waals surface area contributed by atoms with Crippen LogP contribution in [0.3, 0.4) is 0 Å². The van der Waals surface area contributed by atoms with Crippen molar-refractivity contribution in [3.63, 3.8) is 0 Å². The zero-order valence-electron chi connectivity index (χ0n) is 33.6. The van der Waals surface area contributed by atoms with Crippen LogP contribution in [0.15, 0.2) is 12.2 Å². The molecule has 8 atom stereocenters. The molecule has 2 aliphatic heterocycles. The third kappa shape index (κ3) is 11.4. The molecule has 52 heavy (non-hydrogen) atoms. The van der Waals surface area contributed by atoms with Gasteiger partial charge in [-0.2, -0.15) is 0 Å². The van der Waals surface area contributed by atoms with E-state index in [-0.39, 0.29) is 24.3 Å². The minimum atomic E-state index is -1.38. The van der Waals surface area contributed by atoms with Crippen LogP contribution in [0.25, 0.3) is 0 Å². The number of hydrogen-bond acceptors (Lipinski definition) is 8. The summed E-state index contributed by atoms with van der Waals surface area (Å²) in [4.78, 5) is 99.8. The van der Waals surface area contributed by atoms with E-state index in [1.165, 1.54) is 41.7 Å². The summed E-state index contributed by atoms with van der Waals surface area (Å²) in [6.45, 7) is 18.3. The molecule has 0 bridgehead atoms. The van der Waals surface area contributed by atoms with Gasteiger partial charge in [-0.15, -0.1) is 0 Å². The monoisotopic (exact) mass is 731 g/mol. The van der Waals surface area contributed by atoms with Crippen LogP contribution < -0.4 is 5.32 Å². The fourth-order valence-electron chi connectivity index (χ4n) is 7.49. The Balaban J connectivity index is 2.38. The molecular weight excluding hydrogens is 666 g/mol. The van der Waals surface area contributed by atoms with Crippen LogP contribution in [0.2, 0.25) is 0 Å². The van der Waals surface area contributed by atoms with Crippen LogP contribution >= 0.6 is 0 Å². The molecule has 6 amide bonds. The highest BCUT2D eigenvalue weighted by atomic mass is 16.5. The quantitative estimate of drug-likeness (QED) is 0.164. The molecule has 1 saturated heterocycles. The molecule has 294 valence electrons. The number of carbonyl (C=O) groups is 7. The van der Waals surface area contributed by atoms with E-state index in [0.29, 0.717) is 31.6 Å². The van der Waals surface area contributed by atoms with E-state index in [1.807, 2.05) is 20.8 Å². The van der Waals surface area contributed by atoms with Gasteiger partial charge < -0.3 is 24.8 Å². The van der Waals surface area contributed by atoms with Crippen molar-refractivity contribution in [3.8, 4) is 0 Å². The fourth-order valence-corrected chi connectivity index (χ4v) is 7.49. The zero-order valence-corrected chi connectivity index (χ0v) is 33.6. The SMILES string of the molecule is CCCC[C@@H](C)C[C@@H](C)C(=O)N(C)[C@@H](CC(C)C)C(=O)N[C@H](C(=O)N(C)[C@H](C(=O)N1CCC[C@H]1C(=O)N1C(=O)C=C[C@@H]1C)C(C)C)[C@H](C)OC(C)=O. The van der Waals surface area contributed by atoms with Gasteiger partial charge in [0.2, 0.25) is 23.6 Å². The first-order valence-electron chi connectivity index (χ1n) is 19.1. The number of likely N-dealkylation sites (N-methyl/N-ethyl adjacent to an activating group) is 2. The van der Waals surface area contributed by atoms with Crippen LogP contribution in [0.4, 0.5) is 0 Å². The average molecular weight is 732 g/mol. The van der Waals surface area contributed by atoms with Gasteiger partial charge in [-0.25, -0.2) is 0 Å². The number of carbonyl (C=O) groups excluding carboxylic acids is 7. The maximum Gasteiger partial charge on any atom is 0.302 e. The Kier molecular flexibility index (Phi) is 17.0. The standard InChI is InChI=1S/C39H65N5O8/c1-13-14-16-25(6)22-26(7)36(48)41(11)31(21-23(2)3)35(47)40-33(28(9)52-29(10)45)38(50)42(12)34(24(4)5)39(51)43-20-15-17-30(43)37(49)44-27(8)18-19-32(44)46/h18-19,23-28,30-31,33-34H,13-17,20-22H2,1-12H3,(H,40,47)/t25-,26-,27+,28+,30+,31+,33+,34+/m1/s1. The van der Waals surface area contributed by atoms with E-state index >= 15 is 0 Å². The van der Waals surface area contributed by atoms with Crippen molar-refractivity contribution in [2.75, 3.05) is 20.6 Å². The summed E-state index contributed by atoms with van der Waals surface area (Å²) in [5.41, 5.74) is 0. The van der Waals surface area contributed by atoms with E-state index in [1.54, 1.807) is 33.9 Å². The van der Waals surface area contributed by atoms with Gasteiger partial charge in [0.25, 0.3) is 11.8 Å². The molecule has 2 aliphatic rings. The van der Waals surface area contributed by atoms with E-state index in [9.17, 15) is 33.6 Å². The fraction of sp³-hybridized carbons (Fsp3) is 0.769. The normalized spacial score (nSPS) is 20.7. The van der Waals surface area contributed by atoms with Gasteiger partial charge in [-0.1, -0.05) is 73.8 Å². The van der Waals surface area contributed by atoms with E-state index in [0.717, 1.165) is 24.2 Å². The molecular formula is C39H65N5O8. The maximum absolute atomic E-state index is 14.4. The van der Waals surface area contributed by atoms with Crippen molar-refractivity contribution >= 4 is 41.4 Å². The molecule has 1 fully saturated rings. The summed E-state index contributed by atoms with van der Waals surface area (Å²) in [6, 6.07) is -4.62. The van der Waals surface area contributed by atoms with Crippen LogP contribution in [-0.4, -0.2) is 118 Å². The largest absolute Gasteiger partial charge is 0.460 e. The number of nitrogens with one attached hydrogen (secondary N) is 1. The molecule has 0 spiro atoms. The van der Waals surface area contributed by atoms with Crippen LogP contribution in [-0.2, 0) is 38.3 Å². The molecule has 0 aliphatic carbocycles. The van der Waals surface area contributed by atoms with E-state index in [4.69, 9.17) is 4.74 Å². The molecule has 0 aromatic carbocycles. The van der Waals surface area contributed by atoms with Gasteiger partial charge in [-0.3, -0.25) is 38.5 Å². The average Bonchev–Trinajstić information content (AvgIpc) is 3.69. The molecule has 2 rings (SSSR count). The second kappa shape index (κ2) is 19.9. The number of rotatable bonds is 18. The number of imide groups is 1. The van der Waals surface area contributed by atoms with Crippen molar-refractivity contribution in [1.29, 1.82) is 0 Å². The molecule has 0 aromatic heterocycles. The third-order valence-electron chi connectivity index (χ3n) is 10.3. The zero-order chi connectivity index (χ0) is 39.6. The highest BCUT2D eigenvalue weighted by molar-refractivity contribution is 6.06. The lowest BCUT2D eigenvalue weighted by atomic mass is 9.91. The van der Waals surface area contributed by atoms with Crippen LogP contribution in [0.5, 0.6) is 0 Å². The number of esters is 1. The Hall–Kier alpha value is -3.77. The van der Waals surface area contributed by atoms with Crippen LogP contribution in [0, 0.1) is 23.7 Å². The lowest BCUT2D eigenvalue weighted by Crippen LogP contribution is -2.62. The van der Waals surface area contributed by atoms with Crippen molar-refractivity contribution in [2.24, 2.45) is 23.7 Å². The second-order valence-corrected chi connectivity index (χ2v) is 15.8. The first kappa shape index (κ1) is 44.4. The highest BCUT2D eigenvalue weighted by Crippen LogP contribution is 2.27. The molecule has 0 aromatic rings. The minimum absolute atomic E-state index is 0.0289. The number of hydrogen-bond donors (Lipinski definition) is 1. The molecule has 0 radical (unpaired) electrons. The predicted molar refractivity (Wildman–Crippen MR) is 198 cm³/mol. The predicted octanol–water partition coefficient (Wildman–Crippen LogP) is 3.94. The van der Waals surface area contributed by atoms with Gasteiger partial charge in [0.1, 0.15) is 30.3 Å². The molecule has 1 N–H and O–H groups in total. The lowest BCUT2D eigenvalue weighted by Gasteiger charge is -2.38. The van der Waals surface area contributed by atoms with E-state index in [2.05, 4.69) is 19.2 Å². The summed E-state index contributed by atoms with van der Waals surface area (Å²) >= 11 is 0. The number of amides is 6. The van der Waals surface area contributed by atoms with Crippen LogP contribution in [0.1, 0.15) is 114 Å². The summed E-state index contributed by atoms with van der Waals surface area (Å²) in [5, 5.41) is 2.80. The van der Waals surface area contributed by atoms with Gasteiger partial charge in [0.05, 0.1) is 6.04 Å².